The molecule has 164 valence electrons. The topological polar surface area (TPSA) is 97.9 Å². The molecule has 0 bridgehead atoms. The van der Waals surface area contributed by atoms with Crippen LogP contribution in [0.4, 0.5) is 0 Å². The van der Waals surface area contributed by atoms with Gasteiger partial charge in [0.05, 0.1) is 18.3 Å². The third kappa shape index (κ3) is 5.48. The van der Waals surface area contributed by atoms with Crippen LogP contribution in [0.5, 0.6) is 0 Å². The zero-order valence-electron chi connectivity index (χ0n) is 18.3. The highest BCUT2D eigenvalue weighted by molar-refractivity contribution is 6.16. The maximum atomic E-state index is 13.3. The van der Waals surface area contributed by atoms with Crippen LogP contribution in [0.3, 0.4) is 0 Å². The number of allylic oxidation sites excluding steroid dienone is 4. The van der Waals surface area contributed by atoms with Crippen LogP contribution in [0.2, 0.25) is 0 Å². The summed E-state index contributed by atoms with van der Waals surface area (Å²) in [5.74, 6) is 9.02. The predicted molar refractivity (Wildman–Crippen MR) is 124 cm³/mol. The van der Waals surface area contributed by atoms with Crippen LogP contribution in [0.15, 0.2) is 50.8 Å². The summed E-state index contributed by atoms with van der Waals surface area (Å²) in [5, 5.41) is 15.0. The molecule has 3 rings (SSSR count). The fourth-order valence-electron chi connectivity index (χ4n) is 2.96. The first-order valence-electron chi connectivity index (χ1n) is 10.3. The molecule has 2 amide bonds. The van der Waals surface area contributed by atoms with Gasteiger partial charge in [-0.2, -0.15) is 5.10 Å². The van der Waals surface area contributed by atoms with Crippen molar-refractivity contribution in [2.24, 2.45) is 26.9 Å². The summed E-state index contributed by atoms with van der Waals surface area (Å²) >= 11 is 0. The number of hydrazone groups is 1. The Bertz CT molecular complexity index is 1090. The van der Waals surface area contributed by atoms with E-state index in [4.69, 9.17) is 5.11 Å². The minimum Gasteiger partial charge on any atom is -0.396 e. The van der Waals surface area contributed by atoms with E-state index >= 15 is 0 Å². The van der Waals surface area contributed by atoms with Crippen LogP contribution in [-0.2, 0) is 9.59 Å². The van der Waals surface area contributed by atoms with Gasteiger partial charge < -0.3 is 10.0 Å². The van der Waals surface area contributed by atoms with Crippen LogP contribution in [-0.4, -0.2) is 71.7 Å². The van der Waals surface area contributed by atoms with Crippen LogP contribution >= 0.6 is 0 Å². The molecule has 3 aliphatic rings. The minimum absolute atomic E-state index is 0.150. The first-order valence-corrected chi connectivity index (χ1v) is 10.3. The molecule has 3 unspecified atom stereocenters. The largest absolute Gasteiger partial charge is 0.396 e. The average Bonchev–Trinajstić information content (AvgIpc) is 3.15. The lowest BCUT2D eigenvalue weighted by Crippen LogP contribution is -2.42. The molecule has 0 aromatic carbocycles. The van der Waals surface area contributed by atoms with Crippen molar-refractivity contribution in [3.8, 4) is 23.7 Å². The van der Waals surface area contributed by atoms with Crippen LogP contribution in [0.1, 0.15) is 19.8 Å². The van der Waals surface area contributed by atoms with E-state index < -0.39 is 23.8 Å². The Morgan fingerprint density at radius 3 is 2.91 bits per heavy atom. The van der Waals surface area contributed by atoms with Gasteiger partial charge in [0.1, 0.15) is 5.71 Å². The van der Waals surface area contributed by atoms with Crippen molar-refractivity contribution in [3.63, 3.8) is 0 Å². The van der Waals surface area contributed by atoms with Gasteiger partial charge >= 0.3 is 0 Å². The summed E-state index contributed by atoms with van der Waals surface area (Å²) in [5.41, 5.74) is 1.99. The minimum atomic E-state index is -1.29. The van der Waals surface area contributed by atoms with E-state index in [1.54, 1.807) is 19.3 Å². The SMILES string of the molecule is CC(C=NC(=O)C1C#CC(C2=CC=C(N(C)C)C#CC2)=NN(C2C=NC=CC2)C1=O)CO. The van der Waals surface area contributed by atoms with Crippen molar-refractivity contribution in [3.05, 3.63) is 35.7 Å². The van der Waals surface area contributed by atoms with Crippen molar-refractivity contribution >= 4 is 30.0 Å². The number of nitrogens with zero attached hydrogens (tertiary/aromatic N) is 5. The van der Waals surface area contributed by atoms with E-state index in [-0.39, 0.29) is 12.5 Å². The lowest BCUT2D eigenvalue weighted by atomic mass is 10.0. The number of aliphatic hydroxyl groups excluding tert-OH is 1. The predicted octanol–water partition coefficient (Wildman–Crippen LogP) is 1.17. The van der Waals surface area contributed by atoms with Crippen LogP contribution < -0.4 is 0 Å². The summed E-state index contributed by atoms with van der Waals surface area (Å²) in [6.45, 7) is 1.56. The van der Waals surface area contributed by atoms with E-state index in [1.807, 2.05) is 37.2 Å². The number of aliphatic imine (C=N–C) groups is 2. The first kappa shape index (κ1) is 22.9. The molecule has 0 radical (unpaired) electrons. The highest BCUT2D eigenvalue weighted by atomic mass is 16.3. The Kier molecular flexibility index (Phi) is 7.54. The Balaban J connectivity index is 1.99. The monoisotopic (exact) mass is 431 g/mol. The van der Waals surface area contributed by atoms with Crippen LogP contribution in [0, 0.1) is 35.5 Å². The van der Waals surface area contributed by atoms with E-state index in [0.717, 1.165) is 11.3 Å². The van der Waals surface area contributed by atoms with Crippen molar-refractivity contribution in [2.75, 3.05) is 20.7 Å². The van der Waals surface area contributed by atoms with Crippen molar-refractivity contribution in [2.45, 2.75) is 25.8 Å². The lowest BCUT2D eigenvalue weighted by molar-refractivity contribution is -0.139. The second-order valence-electron chi connectivity index (χ2n) is 7.71. The molecule has 1 aliphatic carbocycles. The molecule has 2 heterocycles. The molecule has 0 saturated heterocycles. The summed E-state index contributed by atoms with van der Waals surface area (Å²) in [6, 6.07) is -0.440. The number of carbonyl (C=O) groups is 2. The average molecular weight is 431 g/mol. The van der Waals surface area contributed by atoms with Crippen molar-refractivity contribution in [1.82, 2.24) is 9.91 Å². The number of amides is 2. The van der Waals surface area contributed by atoms with Gasteiger partial charge in [0.2, 0.25) is 0 Å². The molecular formula is C24H25N5O3. The number of carbonyl (C=O) groups excluding carboxylic acids is 2. The normalized spacial score (nSPS) is 23.1. The van der Waals surface area contributed by atoms with Crippen molar-refractivity contribution in [1.29, 1.82) is 0 Å². The van der Waals surface area contributed by atoms with Gasteiger partial charge in [0.25, 0.3) is 11.8 Å². The molecule has 0 aromatic heterocycles. The Hall–Kier alpha value is -3.75. The quantitative estimate of drug-likeness (QED) is 0.388. The Morgan fingerprint density at radius 1 is 1.41 bits per heavy atom. The molecular weight excluding hydrogens is 406 g/mol. The second-order valence-corrected chi connectivity index (χ2v) is 7.71. The maximum Gasteiger partial charge on any atom is 0.270 e. The molecule has 1 N–H and O–H groups in total. The zero-order chi connectivity index (χ0) is 23.1. The van der Waals surface area contributed by atoms with Gasteiger partial charge in [0, 0.05) is 50.6 Å². The third-order valence-electron chi connectivity index (χ3n) is 4.87. The maximum absolute atomic E-state index is 13.3. The first-order chi connectivity index (χ1) is 15.4. The fraction of sp³-hybridized carbons (Fsp3) is 0.375. The molecule has 2 aliphatic heterocycles. The van der Waals surface area contributed by atoms with Crippen LogP contribution in [0.25, 0.3) is 0 Å². The lowest BCUT2D eigenvalue weighted by Gasteiger charge is -2.25. The number of aliphatic hydroxyl groups is 1. The molecule has 0 spiro atoms. The second kappa shape index (κ2) is 10.5. The van der Waals surface area contributed by atoms with Gasteiger partial charge in [-0.1, -0.05) is 30.9 Å². The van der Waals surface area contributed by atoms with E-state index in [9.17, 15) is 9.59 Å². The Morgan fingerprint density at radius 2 is 2.22 bits per heavy atom. The molecule has 3 atom stereocenters. The van der Waals surface area contributed by atoms with Gasteiger partial charge in [-0.25, -0.2) is 10.0 Å². The van der Waals surface area contributed by atoms with E-state index in [1.165, 1.54) is 11.2 Å². The summed E-state index contributed by atoms with van der Waals surface area (Å²) < 4.78 is 0. The summed E-state index contributed by atoms with van der Waals surface area (Å²) in [7, 11) is 3.82. The van der Waals surface area contributed by atoms with E-state index in [0.29, 0.717) is 18.6 Å². The van der Waals surface area contributed by atoms with Gasteiger partial charge in [-0.05, 0) is 24.3 Å². The highest BCUT2D eigenvalue weighted by Gasteiger charge is 2.35. The molecule has 8 heteroatoms. The molecule has 32 heavy (non-hydrogen) atoms. The number of rotatable bonds is 6. The number of hydrogen-bond acceptors (Lipinski definition) is 6. The molecule has 0 saturated carbocycles. The standard InChI is InChI=1S/C24H25N5O3/c1-17(16-30)14-26-23(31)21-11-12-22(18-6-4-7-19(10-9-18)28(2)3)27-29(24(21)32)20-8-5-13-25-15-20/h5,9-10,13-15,17,20-21,30H,6,8,16H2,1-3H3. The third-order valence-corrected chi connectivity index (χ3v) is 4.87. The Labute approximate surface area is 187 Å². The van der Waals surface area contributed by atoms with Gasteiger partial charge in [-0.15, -0.1) is 0 Å². The number of hydrogen-bond donors (Lipinski definition) is 1. The molecule has 0 aromatic rings. The fourth-order valence-corrected chi connectivity index (χ4v) is 2.96. The molecule has 8 nitrogen and oxygen atoms in total. The zero-order valence-corrected chi connectivity index (χ0v) is 18.3. The summed E-state index contributed by atoms with van der Waals surface area (Å²) in [6.07, 6.45) is 11.1. The van der Waals surface area contributed by atoms with Gasteiger partial charge in [-0.3, -0.25) is 14.6 Å². The molecule has 0 fully saturated rings. The van der Waals surface area contributed by atoms with Gasteiger partial charge in [0.15, 0.2) is 5.92 Å². The van der Waals surface area contributed by atoms with E-state index in [2.05, 4.69) is 38.8 Å². The smallest absolute Gasteiger partial charge is 0.270 e. The van der Waals surface area contributed by atoms with Crippen molar-refractivity contribution < 1.29 is 14.7 Å². The highest BCUT2D eigenvalue weighted by Crippen LogP contribution is 2.19. The summed E-state index contributed by atoms with van der Waals surface area (Å²) in [4.78, 5) is 35.8.